The number of piperidine rings is 1. The number of rotatable bonds is 5. The van der Waals surface area contributed by atoms with Crippen LogP contribution in [-0.4, -0.2) is 36.0 Å². The molecule has 0 atom stereocenters. The Kier molecular flexibility index (Phi) is 5.83. The van der Waals surface area contributed by atoms with Gasteiger partial charge in [-0.05, 0) is 59.3 Å². The molecular formula is C23H28BNO3. The number of carbonyl (C=O) groups excluding carboxylic acids is 1. The molecule has 2 aromatic carbocycles. The van der Waals surface area contributed by atoms with Gasteiger partial charge in [-0.1, -0.05) is 49.4 Å². The molecule has 2 aliphatic rings. The first kappa shape index (κ1) is 19.2. The van der Waals surface area contributed by atoms with E-state index in [1.807, 2.05) is 23.1 Å². The third-order valence-corrected chi connectivity index (χ3v) is 6.25. The van der Waals surface area contributed by atoms with Crippen molar-refractivity contribution in [3.8, 4) is 0 Å². The molecule has 0 bridgehead atoms. The fraction of sp³-hybridized carbons (Fsp3) is 0.435. The Bertz CT molecular complexity index is 828. The quantitative estimate of drug-likeness (QED) is 0.816. The van der Waals surface area contributed by atoms with Crippen LogP contribution in [0.3, 0.4) is 0 Å². The van der Waals surface area contributed by atoms with Crippen LogP contribution in [0.1, 0.15) is 54.4 Å². The van der Waals surface area contributed by atoms with E-state index in [9.17, 15) is 9.82 Å². The zero-order valence-corrected chi connectivity index (χ0v) is 16.6. The van der Waals surface area contributed by atoms with Crippen molar-refractivity contribution in [2.45, 2.75) is 51.6 Å². The van der Waals surface area contributed by atoms with Crippen molar-refractivity contribution >= 4 is 18.5 Å². The van der Waals surface area contributed by atoms with Crippen molar-refractivity contribution in [1.29, 1.82) is 0 Å². The molecule has 146 valence electrons. The van der Waals surface area contributed by atoms with E-state index in [4.69, 9.17) is 4.65 Å². The van der Waals surface area contributed by atoms with Crippen molar-refractivity contribution in [2.24, 2.45) is 0 Å². The molecule has 28 heavy (non-hydrogen) atoms. The van der Waals surface area contributed by atoms with Crippen LogP contribution in [0.5, 0.6) is 0 Å². The maximum atomic E-state index is 12.7. The number of nitrogens with zero attached hydrogens (tertiary/aromatic N) is 1. The van der Waals surface area contributed by atoms with Crippen LogP contribution in [0, 0.1) is 0 Å². The van der Waals surface area contributed by atoms with Gasteiger partial charge in [-0.3, -0.25) is 4.79 Å². The second kappa shape index (κ2) is 8.50. The first-order valence-corrected chi connectivity index (χ1v) is 10.4. The van der Waals surface area contributed by atoms with E-state index in [2.05, 4.69) is 31.2 Å². The Hall–Kier alpha value is -2.11. The second-order valence-corrected chi connectivity index (χ2v) is 7.90. The zero-order chi connectivity index (χ0) is 19.5. The summed E-state index contributed by atoms with van der Waals surface area (Å²) in [5.41, 5.74) is 5.70. The minimum atomic E-state index is -0.851. The van der Waals surface area contributed by atoms with Gasteiger partial charge in [0.2, 0.25) is 5.91 Å². The number of hydrogen-bond donors (Lipinski definition) is 1. The number of aryl methyl sites for hydroxylation is 2. The summed E-state index contributed by atoms with van der Waals surface area (Å²) in [6.45, 7) is 4.29. The van der Waals surface area contributed by atoms with E-state index in [-0.39, 0.29) is 5.91 Å². The van der Waals surface area contributed by atoms with E-state index < -0.39 is 7.12 Å². The van der Waals surface area contributed by atoms with Gasteiger partial charge in [0.1, 0.15) is 0 Å². The second-order valence-electron chi connectivity index (χ2n) is 7.90. The number of carbonyl (C=O) groups is 1. The Morgan fingerprint density at radius 1 is 1.18 bits per heavy atom. The maximum Gasteiger partial charge on any atom is 0.492 e. The summed E-state index contributed by atoms with van der Waals surface area (Å²) in [5.74, 6) is 0.769. The van der Waals surface area contributed by atoms with Gasteiger partial charge in [0.25, 0.3) is 0 Å². The average molecular weight is 377 g/mol. The molecular weight excluding hydrogens is 349 g/mol. The molecule has 0 radical (unpaired) electrons. The molecule has 1 saturated heterocycles. The highest BCUT2D eigenvalue weighted by molar-refractivity contribution is 6.62. The molecule has 1 fully saturated rings. The lowest BCUT2D eigenvalue weighted by Gasteiger charge is -2.32. The van der Waals surface area contributed by atoms with Crippen molar-refractivity contribution in [1.82, 2.24) is 4.90 Å². The zero-order valence-electron chi connectivity index (χ0n) is 16.6. The van der Waals surface area contributed by atoms with E-state index in [0.29, 0.717) is 25.4 Å². The van der Waals surface area contributed by atoms with Gasteiger partial charge >= 0.3 is 7.12 Å². The molecule has 0 spiro atoms. The van der Waals surface area contributed by atoms with Gasteiger partial charge in [-0.15, -0.1) is 0 Å². The number of likely N-dealkylation sites (tertiary alicyclic amines) is 1. The lowest BCUT2D eigenvalue weighted by atomic mass is 9.75. The summed E-state index contributed by atoms with van der Waals surface area (Å²) < 4.78 is 5.32. The summed E-state index contributed by atoms with van der Waals surface area (Å²) in [4.78, 5) is 14.7. The smallest absolute Gasteiger partial charge is 0.423 e. The Morgan fingerprint density at radius 2 is 1.93 bits per heavy atom. The normalized spacial score (nSPS) is 17.1. The predicted octanol–water partition coefficient (Wildman–Crippen LogP) is 2.81. The monoisotopic (exact) mass is 377 g/mol. The maximum absolute atomic E-state index is 12.7. The number of amides is 1. The molecule has 4 nitrogen and oxygen atoms in total. The van der Waals surface area contributed by atoms with Gasteiger partial charge < -0.3 is 14.6 Å². The fourth-order valence-electron chi connectivity index (χ4n) is 4.47. The van der Waals surface area contributed by atoms with Gasteiger partial charge in [-0.2, -0.15) is 0 Å². The van der Waals surface area contributed by atoms with Crippen molar-refractivity contribution in [3.05, 3.63) is 64.7 Å². The molecule has 2 aliphatic heterocycles. The van der Waals surface area contributed by atoms with Crippen LogP contribution in [0.25, 0.3) is 0 Å². The largest absolute Gasteiger partial charge is 0.492 e. The molecule has 4 rings (SSSR count). The lowest BCUT2D eigenvalue weighted by molar-refractivity contribution is -0.132. The van der Waals surface area contributed by atoms with Crippen LogP contribution >= 0.6 is 0 Å². The molecule has 2 heterocycles. The number of benzene rings is 2. The SMILES string of the molecule is CCc1ccc(C2CCN(C(=O)CCc3cccc4c3B(O)OC4)CC2)cc1. The van der Waals surface area contributed by atoms with Gasteiger partial charge in [-0.25, -0.2) is 0 Å². The molecule has 2 aromatic rings. The molecule has 0 aromatic heterocycles. The summed E-state index contributed by atoms with van der Waals surface area (Å²) >= 11 is 0. The van der Waals surface area contributed by atoms with E-state index in [1.165, 1.54) is 11.1 Å². The van der Waals surface area contributed by atoms with Crippen LogP contribution < -0.4 is 5.46 Å². The van der Waals surface area contributed by atoms with Crippen molar-refractivity contribution in [3.63, 3.8) is 0 Å². The van der Waals surface area contributed by atoms with E-state index in [1.54, 1.807) is 0 Å². The minimum absolute atomic E-state index is 0.214. The van der Waals surface area contributed by atoms with Crippen LogP contribution in [0.2, 0.25) is 0 Å². The number of hydrogen-bond acceptors (Lipinski definition) is 3. The summed E-state index contributed by atoms with van der Waals surface area (Å²) in [5, 5.41) is 10.0. The van der Waals surface area contributed by atoms with E-state index in [0.717, 1.165) is 48.9 Å². The summed E-state index contributed by atoms with van der Waals surface area (Å²) in [7, 11) is -0.851. The lowest BCUT2D eigenvalue weighted by Crippen LogP contribution is -2.38. The standard InChI is InChI=1S/C23H28BNO3/c1-2-17-6-8-18(9-7-17)19-12-14-25(15-13-19)22(26)11-10-20-4-3-5-21-16-28-24(27)23(20)21/h3-9,19,27H,2,10-16H2,1H3. The molecule has 1 amide bonds. The topological polar surface area (TPSA) is 49.8 Å². The number of fused-ring (bicyclic) bond motifs is 1. The van der Waals surface area contributed by atoms with Gasteiger partial charge in [0.05, 0.1) is 6.61 Å². The third kappa shape index (κ3) is 4.01. The molecule has 0 unspecified atom stereocenters. The molecule has 0 aliphatic carbocycles. The summed E-state index contributed by atoms with van der Waals surface area (Å²) in [6, 6.07) is 14.9. The van der Waals surface area contributed by atoms with Crippen molar-refractivity contribution in [2.75, 3.05) is 13.1 Å². The first-order chi connectivity index (χ1) is 13.7. The highest BCUT2D eigenvalue weighted by Gasteiger charge is 2.30. The van der Waals surface area contributed by atoms with Gasteiger partial charge in [0, 0.05) is 19.5 Å². The highest BCUT2D eigenvalue weighted by Crippen LogP contribution is 2.28. The minimum Gasteiger partial charge on any atom is -0.423 e. The van der Waals surface area contributed by atoms with E-state index >= 15 is 0 Å². The molecule has 1 N–H and O–H groups in total. The highest BCUT2D eigenvalue weighted by atomic mass is 16.5. The summed E-state index contributed by atoms with van der Waals surface area (Å²) in [6.07, 6.45) is 4.27. The Labute approximate surface area is 167 Å². The van der Waals surface area contributed by atoms with Gasteiger partial charge in [0.15, 0.2) is 0 Å². The Morgan fingerprint density at radius 3 is 2.64 bits per heavy atom. The Balaban J connectivity index is 1.31. The fourth-order valence-corrected chi connectivity index (χ4v) is 4.47. The van der Waals surface area contributed by atoms with Crippen LogP contribution in [-0.2, 0) is 28.9 Å². The predicted molar refractivity (Wildman–Crippen MR) is 112 cm³/mol. The average Bonchev–Trinajstić information content (AvgIpc) is 3.14. The first-order valence-electron chi connectivity index (χ1n) is 10.4. The molecule has 0 saturated carbocycles. The van der Waals surface area contributed by atoms with Crippen LogP contribution in [0.4, 0.5) is 0 Å². The molecule has 5 heteroatoms. The van der Waals surface area contributed by atoms with Crippen molar-refractivity contribution < 1.29 is 14.5 Å². The van der Waals surface area contributed by atoms with Crippen LogP contribution in [0.15, 0.2) is 42.5 Å². The third-order valence-electron chi connectivity index (χ3n) is 6.25.